The zero-order valence-corrected chi connectivity index (χ0v) is 22.8. The van der Waals surface area contributed by atoms with Crippen LogP contribution in [0.3, 0.4) is 0 Å². The number of anilines is 1. The number of imide groups is 1. The number of sulfonamides is 1. The fraction of sp³-hybridized carbons (Fsp3) is 0.407. The highest BCUT2D eigenvalue weighted by Gasteiger charge is 2.44. The lowest BCUT2D eigenvalue weighted by molar-refractivity contribution is -0.139. The molecule has 0 bridgehead atoms. The number of hydrogen-bond donors (Lipinski definition) is 1. The summed E-state index contributed by atoms with van der Waals surface area (Å²) < 4.78 is 28.0. The lowest BCUT2D eigenvalue weighted by Gasteiger charge is -2.30. The molecule has 1 saturated heterocycles. The molecule has 204 valence electrons. The Labute approximate surface area is 222 Å². The van der Waals surface area contributed by atoms with Crippen LogP contribution < -0.4 is 10.0 Å². The number of carbonyl (C=O) groups excluding carboxylic acids is 4. The molecule has 0 radical (unpaired) electrons. The van der Waals surface area contributed by atoms with Crippen LogP contribution in [0.2, 0.25) is 0 Å². The van der Waals surface area contributed by atoms with Crippen molar-refractivity contribution in [2.75, 3.05) is 18.1 Å². The minimum atomic E-state index is -3.83. The maximum absolute atomic E-state index is 13.5. The summed E-state index contributed by atoms with van der Waals surface area (Å²) in [5, 5.41) is 5.16. The third-order valence-corrected chi connectivity index (χ3v) is 6.96. The number of nitrogens with zero attached hydrogens (tertiary/aromatic N) is 2. The molecule has 1 unspecified atom stereocenters. The van der Waals surface area contributed by atoms with Gasteiger partial charge in [0.15, 0.2) is 0 Å². The lowest BCUT2D eigenvalue weighted by atomic mass is 9.91. The lowest BCUT2D eigenvalue weighted by Crippen LogP contribution is -2.47. The second kappa shape index (κ2) is 11.4. The first-order valence-electron chi connectivity index (χ1n) is 12.3. The summed E-state index contributed by atoms with van der Waals surface area (Å²) in [6.07, 6.45) is 0.343. The number of carbonyl (C=O) groups is 4. The molecule has 0 saturated carbocycles. The van der Waals surface area contributed by atoms with Gasteiger partial charge in [0.25, 0.3) is 5.91 Å². The van der Waals surface area contributed by atoms with Crippen molar-refractivity contribution in [2.24, 2.45) is 10.6 Å². The molecule has 1 fully saturated rings. The van der Waals surface area contributed by atoms with E-state index >= 15 is 0 Å². The highest BCUT2D eigenvalue weighted by Crippen LogP contribution is 2.29. The summed E-state index contributed by atoms with van der Waals surface area (Å²) in [6, 6.07) is 11.0. The molecule has 10 nitrogen and oxygen atoms in total. The van der Waals surface area contributed by atoms with Crippen LogP contribution >= 0.6 is 0 Å². The Kier molecular flexibility index (Phi) is 8.73. The molecule has 0 spiro atoms. The predicted molar refractivity (Wildman–Crippen MR) is 141 cm³/mol. The predicted octanol–water partition coefficient (Wildman–Crippen LogP) is 2.65. The quantitative estimate of drug-likeness (QED) is 0.378. The summed E-state index contributed by atoms with van der Waals surface area (Å²) in [7, 11) is -3.83. The Balaban J connectivity index is 1.83. The number of benzene rings is 2. The van der Waals surface area contributed by atoms with Gasteiger partial charge in [-0.3, -0.25) is 14.4 Å². The maximum atomic E-state index is 13.5. The molecule has 1 heterocycles. The van der Waals surface area contributed by atoms with Crippen molar-refractivity contribution in [1.29, 1.82) is 0 Å². The van der Waals surface area contributed by atoms with E-state index in [1.165, 1.54) is 41.3 Å². The second-order valence-electron chi connectivity index (χ2n) is 10.3. The minimum absolute atomic E-state index is 0.0249. The molecule has 11 heteroatoms. The Hall–Kier alpha value is -3.57. The van der Waals surface area contributed by atoms with E-state index in [0.29, 0.717) is 17.7 Å². The fourth-order valence-electron chi connectivity index (χ4n) is 4.20. The SMILES string of the molecule is CCOC(=O)c1ccc(N2C(=O)CC(N(CCc3ccc(S(N)(=O)=O)cc3)C(=O)CC(C)(C)C)C2=O)cc1. The number of ether oxygens (including phenoxy) is 1. The van der Waals surface area contributed by atoms with Gasteiger partial charge in [-0.25, -0.2) is 23.3 Å². The van der Waals surface area contributed by atoms with E-state index in [-0.39, 0.29) is 42.2 Å². The summed E-state index contributed by atoms with van der Waals surface area (Å²) in [5.41, 5.74) is 0.994. The van der Waals surface area contributed by atoms with E-state index in [2.05, 4.69) is 0 Å². The Morgan fingerprint density at radius 2 is 1.66 bits per heavy atom. The number of amides is 3. The Morgan fingerprint density at radius 1 is 1.05 bits per heavy atom. The van der Waals surface area contributed by atoms with Gasteiger partial charge < -0.3 is 9.64 Å². The van der Waals surface area contributed by atoms with Gasteiger partial charge in [0.1, 0.15) is 6.04 Å². The van der Waals surface area contributed by atoms with Crippen LogP contribution in [0.15, 0.2) is 53.4 Å². The van der Waals surface area contributed by atoms with Gasteiger partial charge >= 0.3 is 5.97 Å². The molecule has 38 heavy (non-hydrogen) atoms. The first kappa shape index (κ1) is 29.0. The van der Waals surface area contributed by atoms with Gasteiger partial charge in [-0.1, -0.05) is 32.9 Å². The summed E-state index contributed by atoms with van der Waals surface area (Å²) in [4.78, 5) is 54.1. The van der Waals surface area contributed by atoms with Crippen molar-refractivity contribution in [3.63, 3.8) is 0 Å². The molecule has 0 aliphatic carbocycles. The highest BCUT2D eigenvalue weighted by molar-refractivity contribution is 7.89. The first-order chi connectivity index (χ1) is 17.7. The number of primary sulfonamides is 1. The van der Waals surface area contributed by atoms with Gasteiger partial charge in [0, 0.05) is 13.0 Å². The molecule has 1 aliphatic heterocycles. The Morgan fingerprint density at radius 3 is 2.18 bits per heavy atom. The van der Waals surface area contributed by atoms with E-state index in [0.717, 1.165) is 10.5 Å². The standard InChI is InChI=1S/C27H33N3O7S/c1-5-37-26(34)19-8-10-20(11-9-19)30-23(31)16-22(25(30)33)29(24(32)17-27(2,3)4)15-14-18-6-12-21(13-7-18)38(28,35)36/h6-13,22H,5,14-17H2,1-4H3,(H2,28,35,36). The van der Waals surface area contributed by atoms with Crippen molar-refractivity contribution in [3.8, 4) is 0 Å². The Bertz CT molecular complexity index is 1310. The first-order valence-corrected chi connectivity index (χ1v) is 13.8. The van der Waals surface area contributed by atoms with Crippen molar-refractivity contribution in [1.82, 2.24) is 4.90 Å². The number of esters is 1. The zero-order chi connectivity index (χ0) is 28.3. The van der Waals surface area contributed by atoms with Crippen LogP contribution in [0.4, 0.5) is 5.69 Å². The summed E-state index contributed by atoms with van der Waals surface area (Å²) in [6.45, 7) is 7.81. The average molecular weight is 544 g/mol. The molecule has 2 aromatic rings. The van der Waals surface area contributed by atoms with Gasteiger partial charge in [0.2, 0.25) is 21.8 Å². The van der Waals surface area contributed by atoms with E-state index in [1.54, 1.807) is 19.1 Å². The van der Waals surface area contributed by atoms with E-state index < -0.39 is 33.8 Å². The molecular formula is C27H33N3O7S. The van der Waals surface area contributed by atoms with Crippen molar-refractivity contribution >= 4 is 39.4 Å². The van der Waals surface area contributed by atoms with Crippen LogP contribution in [-0.4, -0.2) is 56.2 Å². The van der Waals surface area contributed by atoms with Gasteiger partial charge in [-0.15, -0.1) is 0 Å². The van der Waals surface area contributed by atoms with Crippen molar-refractivity contribution in [3.05, 3.63) is 59.7 Å². The molecule has 3 rings (SSSR count). The number of hydrogen-bond acceptors (Lipinski definition) is 7. The maximum Gasteiger partial charge on any atom is 0.338 e. The largest absolute Gasteiger partial charge is 0.462 e. The topological polar surface area (TPSA) is 144 Å². The zero-order valence-electron chi connectivity index (χ0n) is 22.0. The smallest absolute Gasteiger partial charge is 0.338 e. The normalized spacial score (nSPS) is 16.0. The third-order valence-electron chi connectivity index (χ3n) is 6.03. The van der Waals surface area contributed by atoms with Crippen molar-refractivity contribution in [2.45, 2.75) is 57.9 Å². The monoisotopic (exact) mass is 543 g/mol. The van der Waals surface area contributed by atoms with Crippen LogP contribution in [0.1, 0.15) is 56.5 Å². The molecular weight excluding hydrogens is 510 g/mol. The van der Waals surface area contributed by atoms with Crippen LogP contribution in [0, 0.1) is 5.41 Å². The van der Waals surface area contributed by atoms with Gasteiger partial charge in [-0.2, -0.15) is 0 Å². The van der Waals surface area contributed by atoms with Crippen molar-refractivity contribution < 1.29 is 32.3 Å². The molecule has 2 N–H and O–H groups in total. The molecule has 0 aromatic heterocycles. The second-order valence-corrected chi connectivity index (χ2v) is 11.9. The van der Waals surface area contributed by atoms with Crippen LogP contribution in [-0.2, 0) is 35.6 Å². The highest BCUT2D eigenvalue weighted by atomic mass is 32.2. The van der Waals surface area contributed by atoms with E-state index in [9.17, 15) is 27.6 Å². The van der Waals surface area contributed by atoms with E-state index in [4.69, 9.17) is 9.88 Å². The molecule has 1 aliphatic rings. The fourth-order valence-corrected chi connectivity index (χ4v) is 4.71. The van der Waals surface area contributed by atoms with Gasteiger partial charge in [0.05, 0.1) is 29.2 Å². The average Bonchev–Trinajstić information content (AvgIpc) is 3.11. The molecule has 3 amide bonds. The summed E-state index contributed by atoms with van der Waals surface area (Å²) in [5.74, 6) is -1.74. The van der Waals surface area contributed by atoms with Crippen LogP contribution in [0.5, 0.6) is 0 Å². The van der Waals surface area contributed by atoms with Crippen LogP contribution in [0.25, 0.3) is 0 Å². The number of rotatable bonds is 9. The van der Waals surface area contributed by atoms with Gasteiger partial charge in [-0.05, 0) is 60.7 Å². The summed E-state index contributed by atoms with van der Waals surface area (Å²) >= 11 is 0. The molecule has 1 atom stereocenters. The third kappa shape index (κ3) is 7.05. The molecule has 2 aromatic carbocycles. The number of nitrogens with two attached hydrogens (primary N) is 1. The minimum Gasteiger partial charge on any atom is -0.462 e. The van der Waals surface area contributed by atoms with E-state index in [1.807, 2.05) is 20.8 Å².